The Balaban J connectivity index is 2.07. The van der Waals surface area contributed by atoms with Crippen LogP contribution in [0, 0.1) is 22.2 Å². The maximum absolute atomic E-state index is 12.8. The first-order valence-electron chi connectivity index (χ1n) is 7.36. The average Bonchev–Trinajstić information content (AvgIpc) is 3.07. The molecule has 0 amide bonds. The average molecular weight is 398 g/mol. The van der Waals surface area contributed by atoms with Crippen molar-refractivity contribution >= 4 is 5.69 Å². The zero-order chi connectivity index (χ0) is 20.8. The fourth-order valence-electron chi connectivity index (χ4n) is 2.40. The van der Waals surface area contributed by atoms with Crippen LogP contribution in [-0.4, -0.2) is 25.3 Å². The largest absolute Gasteiger partial charge is 0.618 e. The molecule has 13 heteroatoms. The Hall–Kier alpha value is -3.90. The molecule has 0 saturated carbocycles. The van der Waals surface area contributed by atoms with E-state index in [1.807, 2.05) is 0 Å². The lowest BCUT2D eigenvalue weighted by Crippen LogP contribution is -2.39. The minimum Gasteiger partial charge on any atom is -0.618 e. The Kier molecular flexibility index (Phi) is 4.29. The van der Waals surface area contributed by atoms with Crippen molar-refractivity contribution in [3.8, 4) is 34.3 Å². The summed E-state index contributed by atoms with van der Waals surface area (Å²) in [6, 6.07) is 3.33. The Morgan fingerprint density at radius 1 is 1.25 bits per heavy atom. The van der Waals surface area contributed by atoms with Crippen molar-refractivity contribution < 1.29 is 37.6 Å². The Labute approximate surface area is 152 Å². The maximum Gasteiger partial charge on any atom is 0.478 e. The topological polar surface area (TPSA) is 149 Å². The van der Waals surface area contributed by atoms with E-state index in [9.17, 15) is 38.7 Å². The molecule has 0 unspecified atom stereocenters. The number of nitro benzene ring substituents is 1. The molecule has 2 heterocycles. The van der Waals surface area contributed by atoms with Crippen molar-refractivity contribution in [2.45, 2.75) is 13.1 Å². The molecule has 1 aromatic carbocycles. The quantitative estimate of drug-likeness (QED) is 0.225. The monoisotopic (exact) mass is 398 g/mol. The molecule has 2 aromatic heterocycles. The highest BCUT2D eigenvalue weighted by atomic mass is 19.4. The minimum atomic E-state index is -4.85. The van der Waals surface area contributed by atoms with E-state index in [2.05, 4.69) is 10.1 Å². The van der Waals surface area contributed by atoms with Crippen molar-refractivity contribution in [1.29, 1.82) is 0 Å². The predicted molar refractivity (Wildman–Crippen MR) is 83.9 cm³/mol. The number of halogens is 3. The number of benzene rings is 1. The van der Waals surface area contributed by atoms with Gasteiger partial charge in [-0.25, -0.2) is 0 Å². The molecule has 0 fully saturated rings. The summed E-state index contributed by atoms with van der Waals surface area (Å²) in [5.41, 5.74) is -2.78. The number of aromatic hydroxyl groups is 2. The van der Waals surface area contributed by atoms with Gasteiger partial charge < -0.3 is 19.9 Å². The third-order valence-electron chi connectivity index (χ3n) is 3.79. The van der Waals surface area contributed by atoms with Gasteiger partial charge in [0.05, 0.1) is 4.92 Å². The van der Waals surface area contributed by atoms with Crippen LogP contribution in [0.3, 0.4) is 0 Å². The van der Waals surface area contributed by atoms with E-state index in [4.69, 9.17) is 4.52 Å². The lowest BCUT2D eigenvalue weighted by atomic mass is 10.1. The third kappa shape index (κ3) is 3.13. The second-order valence-electron chi connectivity index (χ2n) is 5.55. The fourth-order valence-corrected chi connectivity index (χ4v) is 2.40. The summed E-state index contributed by atoms with van der Waals surface area (Å²) in [5, 5.41) is 45.4. The van der Waals surface area contributed by atoms with Gasteiger partial charge in [0.1, 0.15) is 5.56 Å². The normalized spacial score (nSPS) is 11.6. The number of pyridine rings is 1. The number of phenolic OH excluding ortho intramolecular Hbond substituents is 2. The van der Waals surface area contributed by atoms with E-state index in [0.717, 1.165) is 25.1 Å². The number of rotatable bonds is 3. The van der Waals surface area contributed by atoms with E-state index >= 15 is 0 Å². The number of phenols is 2. The van der Waals surface area contributed by atoms with Crippen molar-refractivity contribution in [3.05, 3.63) is 51.0 Å². The van der Waals surface area contributed by atoms with Gasteiger partial charge in [0, 0.05) is 24.6 Å². The molecule has 0 atom stereocenters. The number of nitro groups is 1. The van der Waals surface area contributed by atoms with Gasteiger partial charge in [-0.1, -0.05) is 5.16 Å². The molecule has 0 aliphatic heterocycles. The Morgan fingerprint density at radius 2 is 1.93 bits per heavy atom. The molecule has 0 radical (unpaired) electrons. The van der Waals surface area contributed by atoms with Crippen LogP contribution in [0.2, 0.25) is 0 Å². The Bertz CT molecular complexity index is 1100. The molecule has 28 heavy (non-hydrogen) atoms. The zero-order valence-corrected chi connectivity index (χ0v) is 13.8. The summed E-state index contributed by atoms with van der Waals surface area (Å²) in [7, 11) is 0. The van der Waals surface area contributed by atoms with E-state index < -0.39 is 34.0 Å². The van der Waals surface area contributed by atoms with Crippen molar-refractivity contribution in [2.24, 2.45) is 0 Å². The summed E-state index contributed by atoms with van der Waals surface area (Å²) < 4.78 is 43.0. The van der Waals surface area contributed by atoms with Gasteiger partial charge in [0.2, 0.25) is 17.3 Å². The van der Waals surface area contributed by atoms with E-state index in [1.165, 1.54) is 0 Å². The van der Waals surface area contributed by atoms with Gasteiger partial charge in [-0.05, 0) is 12.1 Å². The highest BCUT2D eigenvalue weighted by Crippen LogP contribution is 2.39. The van der Waals surface area contributed by atoms with E-state index in [0.29, 0.717) is 6.07 Å². The van der Waals surface area contributed by atoms with Crippen LogP contribution in [0.4, 0.5) is 18.9 Å². The van der Waals surface area contributed by atoms with E-state index in [1.54, 1.807) is 0 Å². The van der Waals surface area contributed by atoms with Gasteiger partial charge in [0.25, 0.3) is 11.6 Å². The molecular formula is C15H9F3N4O6. The first-order valence-corrected chi connectivity index (χ1v) is 7.36. The van der Waals surface area contributed by atoms with Crippen LogP contribution >= 0.6 is 0 Å². The highest BCUT2D eigenvalue weighted by Gasteiger charge is 2.41. The summed E-state index contributed by atoms with van der Waals surface area (Å²) in [6.07, 6.45) is -4.85. The molecule has 10 nitrogen and oxygen atoms in total. The number of hydrogen-bond donors (Lipinski definition) is 2. The van der Waals surface area contributed by atoms with Crippen LogP contribution in [-0.2, 0) is 6.18 Å². The summed E-state index contributed by atoms with van der Waals surface area (Å²) in [6.45, 7) is 1.12. The second kappa shape index (κ2) is 6.37. The smallest absolute Gasteiger partial charge is 0.478 e. The molecule has 146 valence electrons. The van der Waals surface area contributed by atoms with Crippen LogP contribution in [0.25, 0.3) is 22.8 Å². The summed E-state index contributed by atoms with van der Waals surface area (Å²) in [4.78, 5) is 13.9. The maximum atomic E-state index is 12.8. The summed E-state index contributed by atoms with van der Waals surface area (Å²) in [5.74, 6) is -2.34. The third-order valence-corrected chi connectivity index (χ3v) is 3.79. The first kappa shape index (κ1) is 18.9. The zero-order valence-electron chi connectivity index (χ0n) is 13.8. The van der Waals surface area contributed by atoms with Crippen molar-refractivity contribution in [1.82, 2.24) is 10.1 Å². The van der Waals surface area contributed by atoms with Crippen LogP contribution < -0.4 is 4.73 Å². The second-order valence-corrected chi connectivity index (χ2v) is 5.55. The first-order chi connectivity index (χ1) is 13.0. The van der Waals surface area contributed by atoms with Gasteiger partial charge >= 0.3 is 11.9 Å². The van der Waals surface area contributed by atoms with Crippen LogP contribution in [0.5, 0.6) is 11.5 Å². The molecule has 0 aliphatic carbocycles. The SMILES string of the molecule is Cc1c(-c2nc(-c3cc(O)c(O)c([N+](=O)[O-])c3)no2)ccc(C(F)(F)F)[n+]1[O-]. The van der Waals surface area contributed by atoms with Gasteiger partial charge in [-0.2, -0.15) is 22.9 Å². The lowest BCUT2D eigenvalue weighted by Gasteiger charge is -2.10. The standard InChI is InChI=1S/C15H9F3N4O6/c1-6-8(2-3-11(21(6)25)15(16,17)18)14-19-13(20-28-14)7-4-9(22(26)27)12(24)10(23)5-7/h2-5,23-24H,1H3. The molecule has 0 aliphatic rings. The molecule has 3 aromatic rings. The van der Waals surface area contributed by atoms with Crippen molar-refractivity contribution in [2.75, 3.05) is 0 Å². The number of hydrogen-bond acceptors (Lipinski definition) is 8. The van der Waals surface area contributed by atoms with E-state index in [-0.39, 0.29) is 33.3 Å². The molecule has 2 N–H and O–H groups in total. The molecule has 0 spiro atoms. The highest BCUT2D eigenvalue weighted by molar-refractivity contribution is 5.69. The van der Waals surface area contributed by atoms with Gasteiger partial charge in [0.15, 0.2) is 5.75 Å². The van der Waals surface area contributed by atoms with Crippen LogP contribution in [0.15, 0.2) is 28.8 Å². The number of aromatic nitrogens is 3. The molecule has 0 bridgehead atoms. The number of alkyl halides is 3. The molecule has 3 rings (SSSR count). The van der Waals surface area contributed by atoms with Crippen LogP contribution in [0.1, 0.15) is 11.4 Å². The predicted octanol–water partition coefficient (Wildman–Crippen LogP) is 2.68. The molecular weight excluding hydrogens is 389 g/mol. The van der Waals surface area contributed by atoms with Crippen molar-refractivity contribution in [3.63, 3.8) is 0 Å². The number of nitrogens with zero attached hydrogens (tertiary/aromatic N) is 4. The van der Waals surface area contributed by atoms with Gasteiger partial charge in [-0.3, -0.25) is 10.1 Å². The fraction of sp³-hybridized carbons (Fsp3) is 0.133. The Morgan fingerprint density at radius 3 is 2.54 bits per heavy atom. The summed E-state index contributed by atoms with van der Waals surface area (Å²) >= 11 is 0. The minimum absolute atomic E-state index is 0.0840. The molecule has 0 saturated heterocycles. The lowest BCUT2D eigenvalue weighted by molar-refractivity contribution is -0.635. The van der Waals surface area contributed by atoms with Gasteiger partial charge in [-0.15, -0.1) is 0 Å².